The van der Waals surface area contributed by atoms with E-state index in [2.05, 4.69) is 10.2 Å². The molecule has 1 N–H and O–H groups in total. The van der Waals surface area contributed by atoms with Crippen LogP contribution in [0.4, 0.5) is 5.69 Å². The van der Waals surface area contributed by atoms with Gasteiger partial charge in [0.25, 0.3) is 0 Å². The monoisotopic (exact) mass is 391 g/mol. The number of nitrogens with zero attached hydrogens (tertiary/aromatic N) is 2. The summed E-state index contributed by atoms with van der Waals surface area (Å²) in [5.74, 6) is 0.957. The Morgan fingerprint density at radius 1 is 1.04 bits per heavy atom. The SMILES string of the molecule is O=C(CN1CCN(C(=O)CCC2CCCCC2)CC1)Nc1ccccc1Cl. The lowest BCUT2D eigenvalue weighted by molar-refractivity contribution is -0.133. The molecule has 1 saturated heterocycles. The van der Waals surface area contributed by atoms with Gasteiger partial charge in [-0.1, -0.05) is 55.8 Å². The van der Waals surface area contributed by atoms with Gasteiger partial charge in [-0.2, -0.15) is 0 Å². The highest BCUT2D eigenvalue weighted by Crippen LogP contribution is 2.27. The molecule has 0 radical (unpaired) electrons. The average molecular weight is 392 g/mol. The summed E-state index contributed by atoms with van der Waals surface area (Å²) in [5, 5.41) is 3.40. The molecule has 1 heterocycles. The topological polar surface area (TPSA) is 52.7 Å². The Morgan fingerprint density at radius 3 is 2.44 bits per heavy atom. The van der Waals surface area contributed by atoms with E-state index in [1.165, 1.54) is 32.1 Å². The van der Waals surface area contributed by atoms with Crippen molar-refractivity contribution in [2.24, 2.45) is 5.92 Å². The zero-order valence-corrected chi connectivity index (χ0v) is 16.7. The normalized spacial score (nSPS) is 19.1. The minimum absolute atomic E-state index is 0.0693. The number of amides is 2. The molecule has 1 aliphatic carbocycles. The quantitative estimate of drug-likeness (QED) is 0.802. The molecule has 0 atom stereocenters. The Hall–Kier alpha value is -1.59. The van der Waals surface area contributed by atoms with E-state index >= 15 is 0 Å². The third kappa shape index (κ3) is 6.22. The number of anilines is 1. The zero-order valence-electron chi connectivity index (χ0n) is 16.0. The highest BCUT2D eigenvalue weighted by atomic mass is 35.5. The van der Waals surface area contributed by atoms with Gasteiger partial charge < -0.3 is 10.2 Å². The van der Waals surface area contributed by atoms with Crippen LogP contribution in [0.25, 0.3) is 0 Å². The van der Waals surface area contributed by atoms with Crippen LogP contribution in [0.1, 0.15) is 44.9 Å². The molecule has 2 aliphatic rings. The number of carbonyl (C=O) groups is 2. The maximum atomic E-state index is 12.5. The molecule has 1 aromatic rings. The van der Waals surface area contributed by atoms with Gasteiger partial charge in [-0.25, -0.2) is 0 Å². The van der Waals surface area contributed by atoms with E-state index in [0.717, 1.165) is 25.4 Å². The Morgan fingerprint density at radius 2 is 1.74 bits per heavy atom. The number of para-hydroxylation sites is 1. The molecule has 27 heavy (non-hydrogen) atoms. The van der Waals surface area contributed by atoms with E-state index in [4.69, 9.17) is 11.6 Å². The molecule has 1 aromatic carbocycles. The summed E-state index contributed by atoms with van der Waals surface area (Å²) in [6.07, 6.45) is 8.32. The highest BCUT2D eigenvalue weighted by molar-refractivity contribution is 6.33. The third-order valence-electron chi connectivity index (χ3n) is 5.73. The van der Waals surface area contributed by atoms with Gasteiger partial charge in [-0.05, 0) is 24.5 Å². The van der Waals surface area contributed by atoms with E-state index in [1.807, 2.05) is 17.0 Å². The van der Waals surface area contributed by atoms with Crippen molar-refractivity contribution in [3.8, 4) is 0 Å². The van der Waals surface area contributed by atoms with Gasteiger partial charge in [0.2, 0.25) is 11.8 Å². The number of nitrogens with one attached hydrogen (secondary N) is 1. The number of rotatable bonds is 6. The fourth-order valence-corrected chi connectivity index (χ4v) is 4.26. The largest absolute Gasteiger partial charge is 0.340 e. The number of hydrogen-bond acceptors (Lipinski definition) is 3. The molecular formula is C21H30ClN3O2. The zero-order chi connectivity index (χ0) is 19.1. The van der Waals surface area contributed by atoms with Gasteiger partial charge in [0.05, 0.1) is 17.3 Å². The predicted molar refractivity (Wildman–Crippen MR) is 109 cm³/mol. The van der Waals surface area contributed by atoms with E-state index in [-0.39, 0.29) is 11.8 Å². The molecule has 0 unspecified atom stereocenters. The molecular weight excluding hydrogens is 362 g/mol. The van der Waals surface area contributed by atoms with E-state index in [1.54, 1.807) is 12.1 Å². The van der Waals surface area contributed by atoms with Crippen molar-refractivity contribution in [1.82, 2.24) is 9.80 Å². The summed E-state index contributed by atoms with van der Waals surface area (Å²) in [4.78, 5) is 28.8. The van der Waals surface area contributed by atoms with Crippen molar-refractivity contribution >= 4 is 29.1 Å². The number of carbonyl (C=O) groups excluding carboxylic acids is 2. The van der Waals surface area contributed by atoms with E-state index < -0.39 is 0 Å². The van der Waals surface area contributed by atoms with Gasteiger partial charge in [0, 0.05) is 32.6 Å². The molecule has 2 amide bonds. The fourth-order valence-electron chi connectivity index (χ4n) is 4.07. The van der Waals surface area contributed by atoms with Crippen LogP contribution in [-0.4, -0.2) is 54.3 Å². The number of hydrogen-bond donors (Lipinski definition) is 1. The molecule has 1 aliphatic heterocycles. The molecule has 1 saturated carbocycles. The lowest BCUT2D eigenvalue weighted by atomic mass is 9.86. The molecule has 2 fully saturated rings. The molecule has 0 spiro atoms. The Kier molecular flexibility index (Phi) is 7.53. The standard InChI is InChI=1S/C21H30ClN3O2/c22-18-8-4-5-9-19(18)23-20(26)16-24-12-14-25(15-13-24)21(27)11-10-17-6-2-1-3-7-17/h4-5,8-9,17H,1-3,6-7,10-16H2,(H,23,26). The minimum Gasteiger partial charge on any atom is -0.340 e. The van der Waals surface area contributed by atoms with Crippen molar-refractivity contribution in [1.29, 1.82) is 0 Å². The summed E-state index contributed by atoms with van der Waals surface area (Å²) in [7, 11) is 0. The van der Waals surface area contributed by atoms with Gasteiger partial charge in [0.1, 0.15) is 0 Å². The summed E-state index contributed by atoms with van der Waals surface area (Å²) in [6.45, 7) is 3.23. The lowest BCUT2D eigenvalue weighted by Crippen LogP contribution is -2.50. The Balaban J connectivity index is 1.36. The Labute approximate surface area is 167 Å². The molecule has 6 heteroatoms. The van der Waals surface area contributed by atoms with E-state index in [9.17, 15) is 9.59 Å². The average Bonchev–Trinajstić information content (AvgIpc) is 2.69. The van der Waals surface area contributed by atoms with Crippen LogP contribution in [0, 0.1) is 5.92 Å². The second kappa shape index (κ2) is 10.1. The van der Waals surface area contributed by atoms with Crippen LogP contribution >= 0.6 is 11.6 Å². The predicted octanol–water partition coefficient (Wildman–Crippen LogP) is 3.78. The Bertz CT molecular complexity index is 638. The molecule has 5 nitrogen and oxygen atoms in total. The maximum Gasteiger partial charge on any atom is 0.238 e. The van der Waals surface area contributed by atoms with Gasteiger partial charge >= 0.3 is 0 Å². The van der Waals surface area contributed by atoms with Crippen molar-refractivity contribution in [2.45, 2.75) is 44.9 Å². The van der Waals surface area contributed by atoms with Gasteiger partial charge in [0.15, 0.2) is 0 Å². The van der Waals surface area contributed by atoms with Crippen LogP contribution in [0.2, 0.25) is 5.02 Å². The first-order valence-corrected chi connectivity index (χ1v) is 10.5. The number of benzene rings is 1. The third-order valence-corrected chi connectivity index (χ3v) is 6.06. The summed E-state index contributed by atoms with van der Waals surface area (Å²) < 4.78 is 0. The van der Waals surface area contributed by atoms with Crippen LogP contribution < -0.4 is 5.32 Å². The summed E-state index contributed by atoms with van der Waals surface area (Å²) >= 11 is 6.08. The molecule has 0 aromatic heterocycles. The first kappa shape index (κ1) is 20.2. The lowest BCUT2D eigenvalue weighted by Gasteiger charge is -2.34. The van der Waals surface area contributed by atoms with Crippen molar-refractivity contribution < 1.29 is 9.59 Å². The van der Waals surface area contributed by atoms with E-state index in [0.29, 0.717) is 36.8 Å². The molecule has 3 rings (SSSR count). The smallest absolute Gasteiger partial charge is 0.238 e. The highest BCUT2D eigenvalue weighted by Gasteiger charge is 2.23. The minimum atomic E-state index is -0.0693. The molecule has 0 bridgehead atoms. The first-order chi connectivity index (χ1) is 13.1. The number of piperazine rings is 1. The van der Waals surface area contributed by atoms with Crippen LogP contribution in [0.15, 0.2) is 24.3 Å². The second-order valence-electron chi connectivity index (χ2n) is 7.73. The fraction of sp³-hybridized carbons (Fsp3) is 0.619. The van der Waals surface area contributed by atoms with Gasteiger partial charge in [-0.15, -0.1) is 0 Å². The first-order valence-electron chi connectivity index (χ1n) is 10.2. The van der Waals surface area contributed by atoms with Crippen molar-refractivity contribution in [3.63, 3.8) is 0 Å². The van der Waals surface area contributed by atoms with Crippen LogP contribution in [0.5, 0.6) is 0 Å². The van der Waals surface area contributed by atoms with Crippen LogP contribution in [-0.2, 0) is 9.59 Å². The molecule has 148 valence electrons. The van der Waals surface area contributed by atoms with Crippen molar-refractivity contribution in [2.75, 3.05) is 38.0 Å². The number of halogens is 1. The van der Waals surface area contributed by atoms with Crippen molar-refractivity contribution in [3.05, 3.63) is 29.3 Å². The summed E-state index contributed by atoms with van der Waals surface area (Å²) in [5.41, 5.74) is 0.640. The second-order valence-corrected chi connectivity index (χ2v) is 8.13. The van der Waals surface area contributed by atoms with Crippen LogP contribution in [0.3, 0.4) is 0 Å². The summed E-state index contributed by atoms with van der Waals surface area (Å²) in [6, 6.07) is 7.24. The maximum absolute atomic E-state index is 12.5. The van der Waals surface area contributed by atoms with Gasteiger partial charge in [-0.3, -0.25) is 14.5 Å².